The molecular formula is C9H16N2O4. The van der Waals surface area contributed by atoms with Gasteiger partial charge in [-0.05, 0) is 6.92 Å². The van der Waals surface area contributed by atoms with Gasteiger partial charge in [0.1, 0.15) is 0 Å². The average Bonchev–Trinajstić information content (AvgIpc) is 2.17. The van der Waals surface area contributed by atoms with Gasteiger partial charge in [0.25, 0.3) is 0 Å². The van der Waals surface area contributed by atoms with Gasteiger partial charge < -0.3 is 20.1 Å². The molecule has 0 aromatic heterocycles. The van der Waals surface area contributed by atoms with E-state index in [1.54, 1.807) is 4.90 Å². The molecule has 0 radical (unpaired) electrons. The van der Waals surface area contributed by atoms with Crippen molar-refractivity contribution in [3.8, 4) is 0 Å². The highest BCUT2D eigenvalue weighted by atomic mass is 16.5. The molecule has 1 aliphatic rings. The Morgan fingerprint density at radius 3 is 2.93 bits per heavy atom. The van der Waals surface area contributed by atoms with Crippen LogP contribution >= 0.6 is 0 Å². The van der Waals surface area contributed by atoms with Gasteiger partial charge in [-0.25, -0.2) is 4.79 Å². The van der Waals surface area contributed by atoms with E-state index in [0.717, 1.165) is 0 Å². The summed E-state index contributed by atoms with van der Waals surface area (Å²) >= 11 is 0. The Hall–Kier alpha value is -1.30. The minimum absolute atomic E-state index is 0.0453. The smallest absolute Gasteiger partial charge is 0.317 e. The van der Waals surface area contributed by atoms with Crippen LogP contribution in [0, 0.1) is 0 Å². The highest BCUT2D eigenvalue weighted by Crippen LogP contribution is 2.03. The molecule has 1 fully saturated rings. The third kappa shape index (κ3) is 4.16. The van der Waals surface area contributed by atoms with Crippen molar-refractivity contribution in [1.82, 2.24) is 10.2 Å². The third-order valence-electron chi connectivity index (χ3n) is 2.14. The molecule has 86 valence electrons. The molecule has 1 atom stereocenters. The van der Waals surface area contributed by atoms with Crippen LogP contribution in [0.4, 0.5) is 4.79 Å². The standard InChI is InChI=1S/C9H16N2O4/c1-7-6-11(4-5-15-7)9(14)10-3-2-8(12)13/h7H,2-6H2,1H3,(H,10,14)(H,12,13). The molecule has 2 N–H and O–H groups in total. The van der Waals surface area contributed by atoms with E-state index < -0.39 is 5.97 Å². The van der Waals surface area contributed by atoms with E-state index in [4.69, 9.17) is 9.84 Å². The number of ether oxygens (including phenoxy) is 1. The van der Waals surface area contributed by atoms with Gasteiger partial charge in [0.15, 0.2) is 0 Å². The molecule has 1 aliphatic heterocycles. The number of hydrogen-bond acceptors (Lipinski definition) is 3. The van der Waals surface area contributed by atoms with Crippen LogP contribution in [-0.4, -0.2) is 54.4 Å². The Labute approximate surface area is 88.2 Å². The maximum atomic E-state index is 11.5. The van der Waals surface area contributed by atoms with Crippen LogP contribution in [0.5, 0.6) is 0 Å². The fourth-order valence-corrected chi connectivity index (χ4v) is 1.39. The molecule has 2 amide bonds. The second-order valence-electron chi connectivity index (χ2n) is 3.50. The van der Waals surface area contributed by atoms with Crippen molar-refractivity contribution >= 4 is 12.0 Å². The summed E-state index contributed by atoms with van der Waals surface area (Å²) in [6, 6.07) is -0.216. The van der Waals surface area contributed by atoms with Crippen LogP contribution in [0.1, 0.15) is 13.3 Å². The van der Waals surface area contributed by atoms with Gasteiger partial charge in [0.2, 0.25) is 0 Å². The fraction of sp³-hybridized carbons (Fsp3) is 0.778. The number of morpholine rings is 1. The summed E-state index contributed by atoms with van der Waals surface area (Å²) < 4.78 is 5.29. The van der Waals surface area contributed by atoms with E-state index in [1.165, 1.54) is 0 Å². The zero-order valence-corrected chi connectivity index (χ0v) is 8.73. The Kier molecular flexibility index (Phi) is 4.36. The average molecular weight is 216 g/mol. The first-order valence-corrected chi connectivity index (χ1v) is 4.96. The molecule has 6 nitrogen and oxygen atoms in total. The summed E-state index contributed by atoms with van der Waals surface area (Å²) in [6.45, 7) is 3.71. The number of nitrogens with zero attached hydrogens (tertiary/aromatic N) is 1. The SMILES string of the molecule is CC1CN(C(=O)NCCC(=O)O)CCO1. The van der Waals surface area contributed by atoms with Crippen molar-refractivity contribution < 1.29 is 19.4 Å². The number of amides is 2. The predicted molar refractivity (Wildman–Crippen MR) is 52.6 cm³/mol. The summed E-state index contributed by atoms with van der Waals surface area (Å²) in [5.74, 6) is -0.911. The van der Waals surface area contributed by atoms with Gasteiger partial charge in [0, 0.05) is 19.6 Å². The van der Waals surface area contributed by atoms with Crippen molar-refractivity contribution in [1.29, 1.82) is 0 Å². The van der Waals surface area contributed by atoms with Crippen LogP contribution in [0.15, 0.2) is 0 Å². The van der Waals surface area contributed by atoms with Crippen molar-refractivity contribution in [3.63, 3.8) is 0 Å². The first-order chi connectivity index (χ1) is 7.09. The number of carbonyl (C=O) groups is 2. The molecule has 0 aromatic rings. The van der Waals surface area contributed by atoms with Gasteiger partial charge in [-0.15, -0.1) is 0 Å². The highest BCUT2D eigenvalue weighted by molar-refractivity contribution is 5.75. The lowest BCUT2D eigenvalue weighted by atomic mass is 10.3. The lowest BCUT2D eigenvalue weighted by Gasteiger charge is -2.31. The molecule has 15 heavy (non-hydrogen) atoms. The van der Waals surface area contributed by atoms with Gasteiger partial charge in [-0.1, -0.05) is 0 Å². The second kappa shape index (κ2) is 5.55. The number of carboxylic acids is 1. The molecule has 0 spiro atoms. The van der Waals surface area contributed by atoms with Crippen molar-refractivity contribution in [2.45, 2.75) is 19.4 Å². The lowest BCUT2D eigenvalue weighted by molar-refractivity contribution is -0.136. The van der Waals surface area contributed by atoms with E-state index in [9.17, 15) is 9.59 Å². The van der Waals surface area contributed by atoms with Gasteiger partial charge in [-0.3, -0.25) is 4.79 Å². The minimum Gasteiger partial charge on any atom is -0.481 e. The number of hydrogen-bond donors (Lipinski definition) is 2. The van der Waals surface area contributed by atoms with Gasteiger partial charge >= 0.3 is 12.0 Å². The second-order valence-corrected chi connectivity index (χ2v) is 3.50. The maximum absolute atomic E-state index is 11.5. The van der Waals surface area contributed by atoms with Crippen molar-refractivity contribution in [3.05, 3.63) is 0 Å². The first-order valence-electron chi connectivity index (χ1n) is 4.96. The van der Waals surface area contributed by atoms with Crippen LogP contribution in [0.25, 0.3) is 0 Å². The van der Waals surface area contributed by atoms with Gasteiger partial charge in [0.05, 0.1) is 19.1 Å². The van der Waals surface area contributed by atoms with E-state index in [2.05, 4.69) is 5.32 Å². The van der Waals surface area contributed by atoms with Crippen LogP contribution in [0.2, 0.25) is 0 Å². The lowest BCUT2D eigenvalue weighted by Crippen LogP contribution is -2.49. The molecular weight excluding hydrogens is 200 g/mol. The number of carbonyl (C=O) groups excluding carboxylic acids is 1. The molecule has 0 bridgehead atoms. The number of aliphatic carboxylic acids is 1. The molecule has 1 heterocycles. The zero-order valence-electron chi connectivity index (χ0n) is 8.73. The zero-order chi connectivity index (χ0) is 11.3. The van der Waals surface area contributed by atoms with Gasteiger partial charge in [-0.2, -0.15) is 0 Å². The van der Waals surface area contributed by atoms with E-state index >= 15 is 0 Å². The number of nitrogens with one attached hydrogen (secondary N) is 1. The Morgan fingerprint density at radius 2 is 2.33 bits per heavy atom. The summed E-state index contributed by atoms with van der Waals surface area (Å²) in [5.41, 5.74) is 0. The number of urea groups is 1. The Balaban J connectivity index is 2.24. The van der Waals surface area contributed by atoms with Crippen molar-refractivity contribution in [2.24, 2.45) is 0 Å². The molecule has 0 saturated carbocycles. The predicted octanol–water partition coefficient (Wildman–Crippen LogP) is -0.109. The Bertz CT molecular complexity index is 244. The normalized spacial score (nSPS) is 21.1. The quantitative estimate of drug-likeness (QED) is 0.690. The number of rotatable bonds is 3. The summed E-state index contributed by atoms with van der Waals surface area (Å²) in [6.07, 6.45) is -0.00462. The third-order valence-corrected chi connectivity index (χ3v) is 2.14. The fourth-order valence-electron chi connectivity index (χ4n) is 1.39. The van der Waals surface area contributed by atoms with E-state index in [0.29, 0.717) is 19.7 Å². The van der Waals surface area contributed by atoms with E-state index in [-0.39, 0.29) is 25.1 Å². The molecule has 6 heteroatoms. The largest absolute Gasteiger partial charge is 0.481 e. The Morgan fingerprint density at radius 1 is 1.60 bits per heavy atom. The first kappa shape index (κ1) is 11.8. The molecule has 0 aliphatic carbocycles. The molecule has 1 saturated heterocycles. The van der Waals surface area contributed by atoms with Crippen LogP contribution < -0.4 is 5.32 Å². The summed E-state index contributed by atoms with van der Waals surface area (Å²) in [5, 5.41) is 10.9. The van der Waals surface area contributed by atoms with Crippen LogP contribution in [0.3, 0.4) is 0 Å². The van der Waals surface area contributed by atoms with Crippen molar-refractivity contribution in [2.75, 3.05) is 26.2 Å². The maximum Gasteiger partial charge on any atom is 0.317 e. The summed E-state index contributed by atoms with van der Waals surface area (Å²) in [4.78, 5) is 23.4. The van der Waals surface area contributed by atoms with E-state index in [1.807, 2.05) is 6.92 Å². The number of carboxylic acid groups (broad SMARTS) is 1. The molecule has 0 aromatic carbocycles. The molecule has 1 rings (SSSR count). The monoisotopic (exact) mass is 216 g/mol. The highest BCUT2D eigenvalue weighted by Gasteiger charge is 2.20. The topological polar surface area (TPSA) is 78.9 Å². The molecule has 1 unspecified atom stereocenters. The van der Waals surface area contributed by atoms with Crippen LogP contribution in [-0.2, 0) is 9.53 Å². The minimum atomic E-state index is -0.911. The summed E-state index contributed by atoms with van der Waals surface area (Å²) in [7, 11) is 0.